The van der Waals surface area contributed by atoms with Gasteiger partial charge in [0.05, 0.1) is 6.20 Å². The summed E-state index contributed by atoms with van der Waals surface area (Å²) in [6.07, 6.45) is 2.90. The van der Waals surface area contributed by atoms with Crippen molar-refractivity contribution in [1.29, 1.82) is 0 Å². The minimum atomic E-state index is 1.21. The van der Waals surface area contributed by atoms with E-state index < -0.39 is 0 Å². The van der Waals surface area contributed by atoms with Gasteiger partial charge in [-0.2, -0.15) is 0 Å². The first-order valence-corrected chi connectivity index (χ1v) is 3.27. The monoisotopic (exact) mass is 122 g/mol. The maximum Gasteiger partial charge on any atom is 0.100 e. The van der Waals surface area contributed by atoms with Crippen LogP contribution in [0.25, 0.3) is 10.2 Å². The van der Waals surface area contributed by atoms with Crippen LogP contribution in [0.2, 0.25) is 0 Å². The molecule has 0 unspecified atom stereocenters. The lowest BCUT2D eigenvalue weighted by atomic mass is 10.4. The summed E-state index contributed by atoms with van der Waals surface area (Å²) in [6.45, 7) is 0. The molecular weight excluding hydrogens is 118 g/mol. The summed E-state index contributed by atoms with van der Waals surface area (Å²) in [4.78, 5) is 4.21. The average Bonchev–Trinajstić information content (AvgIpc) is 2.15. The van der Waals surface area contributed by atoms with Gasteiger partial charge in [0.2, 0.25) is 0 Å². The molecule has 0 bridgehead atoms. The molecule has 0 aliphatic carbocycles. The van der Waals surface area contributed by atoms with E-state index in [4.69, 9.17) is 0 Å². The Labute approximate surface area is 51.0 Å². The molecule has 2 rings (SSSR count). The van der Waals surface area contributed by atoms with Crippen LogP contribution < -0.4 is 0 Å². The van der Waals surface area contributed by atoms with Crippen molar-refractivity contribution in [2.24, 2.45) is 0 Å². The van der Waals surface area contributed by atoms with Crippen molar-refractivity contribution >= 4 is 21.6 Å². The van der Waals surface area contributed by atoms with Gasteiger partial charge in [-0.1, -0.05) is 0 Å². The molecule has 2 heterocycles. The molecule has 0 amide bonds. The summed E-state index contributed by atoms with van der Waals surface area (Å²) < 4.78 is 0. The Balaban J connectivity index is 3.06. The van der Waals surface area contributed by atoms with Crippen molar-refractivity contribution in [1.82, 2.24) is 4.98 Å². The lowest BCUT2D eigenvalue weighted by Crippen LogP contribution is -1.46. The number of fused-ring (bicyclic) bond motifs is 1. The predicted octanol–water partition coefficient (Wildman–Crippen LogP) is 2.03. The molecule has 2 aromatic heterocycles. The second kappa shape index (κ2) is 1.36. The molecule has 0 atom stereocenters. The number of hydrogen-bond donors (Lipinski definition) is 1. The third-order valence-corrected chi connectivity index (χ3v) is 1.95. The van der Waals surface area contributed by atoms with E-state index in [1.165, 1.54) is 10.2 Å². The molecule has 8 heavy (non-hydrogen) atoms. The first kappa shape index (κ1) is 4.15. The Kier molecular flexibility index (Phi) is 0.704. The lowest BCUT2D eigenvalue weighted by molar-refractivity contribution is 1.48. The molecule has 0 spiro atoms. The van der Waals surface area contributed by atoms with Crippen molar-refractivity contribution < 1.29 is 0 Å². The van der Waals surface area contributed by atoms with Gasteiger partial charge in [0.15, 0.2) is 0 Å². The van der Waals surface area contributed by atoms with Crippen molar-refractivity contribution in [3.63, 3.8) is 0 Å². The van der Waals surface area contributed by atoms with Crippen molar-refractivity contribution in [3.05, 3.63) is 23.7 Å². The number of nitrogens with one attached hydrogen (secondary N) is 1. The van der Waals surface area contributed by atoms with E-state index in [1.54, 1.807) is 11.3 Å². The Morgan fingerprint density at radius 1 is 1.62 bits per heavy atom. The Bertz CT molecular complexity index is 230. The van der Waals surface area contributed by atoms with Crippen molar-refractivity contribution in [2.45, 2.75) is 0 Å². The van der Waals surface area contributed by atoms with E-state index in [1.807, 2.05) is 6.07 Å². The van der Waals surface area contributed by atoms with Crippen LogP contribution in [0.5, 0.6) is 0 Å². The van der Waals surface area contributed by atoms with Crippen LogP contribution in [-0.2, 0) is 0 Å². The van der Waals surface area contributed by atoms with E-state index in [-0.39, 0.29) is 0 Å². The summed E-state index contributed by atoms with van der Waals surface area (Å²) in [7, 11) is 0. The molecule has 0 saturated heterocycles. The molecule has 2 aromatic rings. The summed E-state index contributed by atoms with van der Waals surface area (Å²) in [6, 6.07) is 4.03. The standard InChI is InChI=1S/C6H4NS/c1-3-7-6-5(1)2-4-8-6/h1-2,4,7H. The van der Waals surface area contributed by atoms with Crippen molar-refractivity contribution in [3.8, 4) is 0 Å². The highest BCUT2D eigenvalue weighted by molar-refractivity contribution is 7.16. The predicted molar refractivity (Wildman–Crippen MR) is 35.0 cm³/mol. The molecule has 1 radical (unpaired) electrons. The first-order chi connectivity index (χ1) is 3.97. The third kappa shape index (κ3) is 0.406. The fourth-order valence-electron chi connectivity index (χ4n) is 0.714. The smallest absolute Gasteiger partial charge is 0.100 e. The molecule has 39 valence electrons. The van der Waals surface area contributed by atoms with Gasteiger partial charge in [0, 0.05) is 5.39 Å². The highest BCUT2D eigenvalue weighted by atomic mass is 32.1. The molecule has 0 aliphatic heterocycles. The van der Waals surface area contributed by atoms with Crippen LogP contribution in [-0.4, -0.2) is 4.98 Å². The number of hydrogen-bond acceptors (Lipinski definition) is 1. The van der Waals surface area contributed by atoms with Crippen LogP contribution >= 0.6 is 11.3 Å². The van der Waals surface area contributed by atoms with E-state index >= 15 is 0 Å². The molecule has 0 aliphatic rings. The van der Waals surface area contributed by atoms with Gasteiger partial charge in [-0.15, -0.1) is 11.3 Å². The summed E-state index contributed by atoms with van der Waals surface area (Å²) in [5, 5.41) is 3.32. The Morgan fingerprint density at radius 2 is 2.62 bits per heavy atom. The van der Waals surface area contributed by atoms with Crippen LogP contribution in [0, 0.1) is 6.20 Å². The summed E-state index contributed by atoms with van der Waals surface area (Å²) in [5.74, 6) is 0. The fourth-order valence-corrected chi connectivity index (χ4v) is 1.45. The van der Waals surface area contributed by atoms with Crippen LogP contribution in [0.4, 0.5) is 0 Å². The third-order valence-electron chi connectivity index (χ3n) is 1.11. The van der Waals surface area contributed by atoms with Gasteiger partial charge in [0.25, 0.3) is 0 Å². The fraction of sp³-hybridized carbons (Fsp3) is 0. The maximum absolute atomic E-state index is 2.99. The van der Waals surface area contributed by atoms with Gasteiger partial charge in [-0.3, -0.25) is 0 Å². The molecule has 0 fully saturated rings. The summed E-state index contributed by atoms with van der Waals surface area (Å²) in [5.41, 5.74) is 0. The van der Waals surface area contributed by atoms with Gasteiger partial charge in [0.1, 0.15) is 4.83 Å². The minimum Gasteiger partial charge on any atom is -0.345 e. The topological polar surface area (TPSA) is 15.8 Å². The lowest BCUT2D eigenvalue weighted by Gasteiger charge is -1.66. The number of rotatable bonds is 0. The Hall–Kier alpha value is -0.760. The van der Waals surface area contributed by atoms with Gasteiger partial charge >= 0.3 is 0 Å². The molecule has 2 heteroatoms. The van der Waals surface area contributed by atoms with E-state index in [2.05, 4.69) is 22.6 Å². The van der Waals surface area contributed by atoms with Crippen LogP contribution in [0.15, 0.2) is 17.5 Å². The normalized spacial score (nSPS) is 10.5. The van der Waals surface area contributed by atoms with E-state index in [0.29, 0.717) is 0 Å². The molecule has 0 saturated carbocycles. The zero-order valence-corrected chi connectivity index (χ0v) is 4.96. The van der Waals surface area contributed by atoms with Gasteiger partial charge in [-0.05, 0) is 17.5 Å². The first-order valence-electron chi connectivity index (χ1n) is 2.39. The largest absolute Gasteiger partial charge is 0.345 e. The minimum absolute atomic E-state index is 1.21. The molecule has 1 nitrogen and oxygen atoms in total. The Morgan fingerprint density at radius 3 is 3.50 bits per heavy atom. The average molecular weight is 122 g/mol. The van der Waals surface area contributed by atoms with Crippen molar-refractivity contribution in [2.75, 3.05) is 0 Å². The van der Waals surface area contributed by atoms with Crippen LogP contribution in [0.3, 0.4) is 0 Å². The number of H-pyrrole nitrogens is 1. The molecule has 0 aromatic carbocycles. The second-order valence-corrected chi connectivity index (χ2v) is 2.53. The second-order valence-electron chi connectivity index (χ2n) is 1.62. The summed E-state index contributed by atoms with van der Waals surface area (Å²) >= 11 is 1.71. The van der Waals surface area contributed by atoms with Crippen LogP contribution in [0.1, 0.15) is 0 Å². The van der Waals surface area contributed by atoms with Gasteiger partial charge < -0.3 is 4.98 Å². The van der Waals surface area contributed by atoms with Gasteiger partial charge in [-0.25, -0.2) is 0 Å². The highest BCUT2D eigenvalue weighted by Crippen LogP contribution is 2.16. The zero-order chi connectivity index (χ0) is 5.40. The quantitative estimate of drug-likeness (QED) is 0.550. The number of aromatic nitrogens is 1. The highest BCUT2D eigenvalue weighted by Gasteiger charge is 1.90. The van der Waals surface area contributed by atoms with E-state index in [0.717, 1.165) is 0 Å². The maximum atomic E-state index is 2.99. The molecular formula is C6H4NS. The number of thiophene rings is 1. The molecule has 1 N–H and O–H groups in total. The zero-order valence-electron chi connectivity index (χ0n) is 4.14. The number of aromatic amines is 1. The van der Waals surface area contributed by atoms with E-state index in [9.17, 15) is 0 Å². The SMILES string of the molecule is [c]1cc2ccsc2[nH]1.